The molecule has 2 heterocycles. The van der Waals surface area contributed by atoms with Crippen molar-refractivity contribution in [1.82, 2.24) is 24.8 Å². The highest BCUT2D eigenvalue weighted by atomic mass is 15.4. The monoisotopic (exact) mass is 252 g/mol. The molecule has 1 aliphatic rings. The van der Waals surface area contributed by atoms with Crippen molar-refractivity contribution in [3.8, 4) is 0 Å². The third-order valence-electron chi connectivity index (χ3n) is 3.77. The van der Waals surface area contributed by atoms with Gasteiger partial charge in [0, 0.05) is 45.0 Å². The molecule has 1 atom stereocenters. The topological polar surface area (TPSA) is 63.2 Å². The predicted molar refractivity (Wildman–Crippen MR) is 71.1 cm³/mol. The molecule has 6 nitrogen and oxygen atoms in total. The molecule has 18 heavy (non-hydrogen) atoms. The van der Waals surface area contributed by atoms with Gasteiger partial charge >= 0.3 is 0 Å². The average Bonchev–Trinajstić information content (AvgIpc) is 2.86. The van der Waals surface area contributed by atoms with Gasteiger partial charge in [-0.1, -0.05) is 12.1 Å². The summed E-state index contributed by atoms with van der Waals surface area (Å²) in [5.74, 6) is 0. The van der Waals surface area contributed by atoms with Gasteiger partial charge in [0.05, 0.1) is 12.2 Å². The molecule has 1 aliphatic heterocycles. The van der Waals surface area contributed by atoms with E-state index in [0.29, 0.717) is 12.6 Å². The fraction of sp³-hybridized carbons (Fsp3) is 0.833. The fourth-order valence-electron chi connectivity index (χ4n) is 2.44. The van der Waals surface area contributed by atoms with Crippen LogP contribution in [-0.4, -0.2) is 64.1 Å². The van der Waals surface area contributed by atoms with Gasteiger partial charge in [0.1, 0.15) is 0 Å². The molecule has 2 N–H and O–H groups in total. The van der Waals surface area contributed by atoms with Gasteiger partial charge in [0.15, 0.2) is 0 Å². The largest absolute Gasteiger partial charge is 0.325 e. The van der Waals surface area contributed by atoms with Crippen LogP contribution in [0.4, 0.5) is 0 Å². The predicted octanol–water partition coefficient (Wildman–Crippen LogP) is -0.237. The summed E-state index contributed by atoms with van der Waals surface area (Å²) in [5.41, 5.74) is 6.38. The van der Waals surface area contributed by atoms with Gasteiger partial charge in [-0.2, -0.15) is 0 Å². The molecule has 0 spiro atoms. The number of aromatic nitrogens is 3. The molecule has 1 unspecified atom stereocenters. The van der Waals surface area contributed by atoms with Crippen LogP contribution in [0.25, 0.3) is 0 Å². The molecular formula is C12H24N6. The van der Waals surface area contributed by atoms with E-state index in [1.54, 1.807) is 0 Å². The first-order chi connectivity index (χ1) is 8.72. The maximum Gasteiger partial charge on any atom is 0.0962 e. The Balaban J connectivity index is 1.79. The molecule has 1 saturated heterocycles. The van der Waals surface area contributed by atoms with E-state index in [0.717, 1.165) is 38.4 Å². The van der Waals surface area contributed by atoms with Crippen molar-refractivity contribution in [3.63, 3.8) is 0 Å². The molecule has 1 aromatic heterocycles. The molecule has 0 bridgehead atoms. The standard InChI is InChI=1S/C12H24N6/c1-3-12-10-17(5-4-16(12)2)6-7-18-9-11(8-13)14-15-18/h9,12H,3-8,10,13H2,1-2H3. The number of piperazine rings is 1. The molecule has 0 aliphatic carbocycles. The van der Waals surface area contributed by atoms with Crippen LogP contribution >= 0.6 is 0 Å². The van der Waals surface area contributed by atoms with Gasteiger partial charge in [0.2, 0.25) is 0 Å². The highest BCUT2D eigenvalue weighted by Gasteiger charge is 2.22. The number of nitrogens with two attached hydrogens (primary N) is 1. The van der Waals surface area contributed by atoms with Gasteiger partial charge in [-0.15, -0.1) is 5.10 Å². The lowest BCUT2D eigenvalue weighted by Crippen LogP contribution is -2.51. The van der Waals surface area contributed by atoms with Crippen LogP contribution in [0.15, 0.2) is 6.20 Å². The van der Waals surface area contributed by atoms with Crippen molar-refractivity contribution in [3.05, 3.63) is 11.9 Å². The number of likely N-dealkylation sites (N-methyl/N-ethyl adjacent to an activating group) is 1. The Labute approximate surface area is 109 Å². The molecule has 0 radical (unpaired) electrons. The minimum absolute atomic E-state index is 0.465. The lowest BCUT2D eigenvalue weighted by Gasteiger charge is -2.39. The van der Waals surface area contributed by atoms with Crippen LogP contribution < -0.4 is 5.73 Å². The van der Waals surface area contributed by atoms with Crippen LogP contribution in [0, 0.1) is 0 Å². The van der Waals surface area contributed by atoms with E-state index in [1.165, 1.54) is 6.42 Å². The van der Waals surface area contributed by atoms with Gasteiger partial charge in [-0.3, -0.25) is 9.58 Å². The molecule has 1 aromatic rings. The zero-order chi connectivity index (χ0) is 13.0. The van der Waals surface area contributed by atoms with E-state index in [4.69, 9.17) is 5.73 Å². The summed E-state index contributed by atoms with van der Waals surface area (Å²) in [6.07, 6.45) is 3.15. The molecule has 102 valence electrons. The lowest BCUT2D eigenvalue weighted by molar-refractivity contribution is 0.0899. The summed E-state index contributed by atoms with van der Waals surface area (Å²) >= 11 is 0. The van der Waals surface area contributed by atoms with E-state index in [1.807, 2.05) is 10.9 Å². The minimum Gasteiger partial charge on any atom is -0.325 e. The van der Waals surface area contributed by atoms with E-state index < -0.39 is 0 Å². The van der Waals surface area contributed by atoms with Crippen molar-refractivity contribution in [2.24, 2.45) is 5.73 Å². The normalized spacial score (nSPS) is 22.5. The fourth-order valence-corrected chi connectivity index (χ4v) is 2.44. The van der Waals surface area contributed by atoms with E-state index >= 15 is 0 Å². The zero-order valence-corrected chi connectivity index (χ0v) is 11.4. The second kappa shape index (κ2) is 6.26. The van der Waals surface area contributed by atoms with Crippen LogP contribution in [0.5, 0.6) is 0 Å². The van der Waals surface area contributed by atoms with Gasteiger partial charge in [-0.25, -0.2) is 0 Å². The van der Waals surface area contributed by atoms with Gasteiger partial charge in [-0.05, 0) is 13.5 Å². The lowest BCUT2D eigenvalue weighted by atomic mass is 10.1. The molecule has 6 heteroatoms. The average molecular weight is 252 g/mol. The Kier molecular flexibility index (Phi) is 4.68. The summed E-state index contributed by atoms with van der Waals surface area (Å²) in [5, 5.41) is 8.08. The SMILES string of the molecule is CCC1CN(CCn2cc(CN)nn2)CCN1C. The maximum absolute atomic E-state index is 5.52. The summed E-state index contributed by atoms with van der Waals surface area (Å²) < 4.78 is 1.89. The molecule has 0 saturated carbocycles. The number of hydrogen-bond donors (Lipinski definition) is 1. The third-order valence-corrected chi connectivity index (χ3v) is 3.77. The number of hydrogen-bond acceptors (Lipinski definition) is 5. The third kappa shape index (κ3) is 3.28. The van der Waals surface area contributed by atoms with Gasteiger partial charge < -0.3 is 10.6 Å². The van der Waals surface area contributed by atoms with Crippen LogP contribution in [-0.2, 0) is 13.1 Å². The van der Waals surface area contributed by atoms with Crippen LogP contribution in [0.1, 0.15) is 19.0 Å². The summed E-state index contributed by atoms with van der Waals surface area (Å²) in [7, 11) is 2.22. The first-order valence-electron chi connectivity index (χ1n) is 6.74. The van der Waals surface area contributed by atoms with E-state index in [2.05, 4.69) is 34.1 Å². The first kappa shape index (κ1) is 13.5. The van der Waals surface area contributed by atoms with Crippen LogP contribution in [0.2, 0.25) is 0 Å². The second-order valence-electron chi connectivity index (χ2n) is 5.02. The molecule has 0 amide bonds. The van der Waals surface area contributed by atoms with Crippen molar-refractivity contribution < 1.29 is 0 Å². The highest BCUT2D eigenvalue weighted by molar-refractivity contribution is 4.90. The van der Waals surface area contributed by atoms with E-state index in [9.17, 15) is 0 Å². The molecular weight excluding hydrogens is 228 g/mol. The minimum atomic E-state index is 0.465. The smallest absolute Gasteiger partial charge is 0.0962 e. The number of nitrogens with zero attached hydrogens (tertiary/aromatic N) is 5. The molecule has 2 rings (SSSR count). The van der Waals surface area contributed by atoms with Crippen molar-refractivity contribution in [2.45, 2.75) is 32.5 Å². The summed E-state index contributed by atoms with van der Waals surface area (Å²) in [6.45, 7) is 8.12. The Hall–Kier alpha value is -0.980. The second-order valence-corrected chi connectivity index (χ2v) is 5.02. The van der Waals surface area contributed by atoms with E-state index in [-0.39, 0.29) is 0 Å². The van der Waals surface area contributed by atoms with Crippen LogP contribution in [0.3, 0.4) is 0 Å². The maximum atomic E-state index is 5.52. The van der Waals surface area contributed by atoms with Gasteiger partial charge in [0.25, 0.3) is 0 Å². The summed E-state index contributed by atoms with van der Waals surface area (Å²) in [4.78, 5) is 4.97. The zero-order valence-electron chi connectivity index (χ0n) is 11.4. The molecule has 0 aromatic carbocycles. The number of rotatable bonds is 5. The Bertz CT molecular complexity index is 363. The Morgan fingerprint density at radius 3 is 2.89 bits per heavy atom. The molecule has 1 fully saturated rings. The Morgan fingerprint density at radius 1 is 1.39 bits per heavy atom. The first-order valence-corrected chi connectivity index (χ1v) is 6.74. The van der Waals surface area contributed by atoms with Crippen molar-refractivity contribution >= 4 is 0 Å². The Morgan fingerprint density at radius 2 is 2.22 bits per heavy atom. The van der Waals surface area contributed by atoms with Crippen molar-refractivity contribution in [2.75, 3.05) is 33.2 Å². The quantitative estimate of drug-likeness (QED) is 0.784. The summed E-state index contributed by atoms with van der Waals surface area (Å²) in [6, 6.07) is 0.689. The highest BCUT2D eigenvalue weighted by Crippen LogP contribution is 2.10. The van der Waals surface area contributed by atoms with Crippen molar-refractivity contribution in [1.29, 1.82) is 0 Å².